The highest BCUT2D eigenvalue weighted by atomic mass is 15.2. The van der Waals surface area contributed by atoms with E-state index >= 15 is 0 Å². The van der Waals surface area contributed by atoms with Crippen LogP contribution in [0.3, 0.4) is 0 Å². The summed E-state index contributed by atoms with van der Waals surface area (Å²) in [5, 5.41) is 3.82. The minimum atomic E-state index is 0.511. The predicted molar refractivity (Wildman–Crippen MR) is 72.2 cm³/mol. The van der Waals surface area contributed by atoms with Crippen LogP contribution >= 0.6 is 0 Å². The van der Waals surface area contributed by atoms with Crippen molar-refractivity contribution in [2.75, 3.05) is 26.2 Å². The van der Waals surface area contributed by atoms with Gasteiger partial charge in [0.15, 0.2) is 0 Å². The van der Waals surface area contributed by atoms with Gasteiger partial charge >= 0.3 is 0 Å². The maximum atomic E-state index is 3.82. The Hall–Kier alpha value is -0.0800. The average Bonchev–Trinajstić information content (AvgIpc) is 2.72. The Morgan fingerprint density at radius 2 is 1.82 bits per heavy atom. The second kappa shape index (κ2) is 4.55. The summed E-state index contributed by atoms with van der Waals surface area (Å²) in [5.74, 6) is 0. The molecule has 1 heterocycles. The maximum absolute atomic E-state index is 3.82. The zero-order valence-corrected chi connectivity index (χ0v) is 11.4. The van der Waals surface area contributed by atoms with E-state index in [-0.39, 0.29) is 0 Å². The lowest BCUT2D eigenvalue weighted by atomic mass is 9.66. The Morgan fingerprint density at radius 3 is 2.41 bits per heavy atom. The van der Waals surface area contributed by atoms with Crippen molar-refractivity contribution < 1.29 is 0 Å². The number of hydrogen-bond donors (Lipinski definition) is 1. The molecule has 2 nitrogen and oxygen atoms in total. The van der Waals surface area contributed by atoms with Gasteiger partial charge in [-0.15, -0.1) is 0 Å². The molecule has 0 bridgehead atoms. The van der Waals surface area contributed by atoms with Gasteiger partial charge in [0.2, 0.25) is 0 Å². The molecule has 0 atom stereocenters. The molecule has 0 amide bonds. The molecule has 1 aliphatic heterocycles. The normalized spacial score (nSPS) is 31.6. The molecule has 3 fully saturated rings. The van der Waals surface area contributed by atoms with Crippen LogP contribution in [0.25, 0.3) is 0 Å². The molecule has 17 heavy (non-hydrogen) atoms. The third kappa shape index (κ3) is 2.26. The van der Waals surface area contributed by atoms with Gasteiger partial charge < -0.3 is 5.32 Å². The Balaban J connectivity index is 1.60. The summed E-state index contributed by atoms with van der Waals surface area (Å²) in [6.45, 7) is 7.61. The van der Waals surface area contributed by atoms with E-state index in [1.54, 1.807) is 0 Å². The van der Waals surface area contributed by atoms with Crippen LogP contribution in [-0.2, 0) is 0 Å². The quantitative estimate of drug-likeness (QED) is 0.810. The standard InChI is InChI=1S/C15H28N2/c1-2-14(6-5-7-14)12-17-11-10-16-15(13-17)8-3-4-9-15/h16H,2-13H2,1H3. The fourth-order valence-corrected chi connectivity index (χ4v) is 4.34. The fraction of sp³-hybridized carbons (Fsp3) is 1.00. The second-order valence-corrected chi connectivity index (χ2v) is 6.83. The van der Waals surface area contributed by atoms with Crippen molar-refractivity contribution >= 4 is 0 Å². The van der Waals surface area contributed by atoms with E-state index in [1.807, 2.05) is 0 Å². The van der Waals surface area contributed by atoms with Gasteiger partial charge in [0.05, 0.1) is 0 Å². The molecule has 3 aliphatic rings. The molecule has 1 N–H and O–H groups in total. The van der Waals surface area contributed by atoms with E-state index in [4.69, 9.17) is 0 Å². The lowest BCUT2D eigenvalue weighted by molar-refractivity contribution is 0.0316. The zero-order valence-electron chi connectivity index (χ0n) is 11.4. The van der Waals surface area contributed by atoms with Crippen LogP contribution in [0.2, 0.25) is 0 Å². The smallest absolute Gasteiger partial charge is 0.0309 e. The van der Waals surface area contributed by atoms with Crippen LogP contribution in [0.15, 0.2) is 0 Å². The molecule has 2 saturated carbocycles. The maximum Gasteiger partial charge on any atom is 0.0309 e. The molecule has 98 valence electrons. The van der Waals surface area contributed by atoms with Crippen LogP contribution in [0.4, 0.5) is 0 Å². The lowest BCUT2D eigenvalue weighted by Crippen LogP contribution is -2.60. The molecule has 1 saturated heterocycles. The van der Waals surface area contributed by atoms with Crippen LogP contribution < -0.4 is 5.32 Å². The number of hydrogen-bond acceptors (Lipinski definition) is 2. The van der Waals surface area contributed by atoms with Crippen molar-refractivity contribution in [3.05, 3.63) is 0 Å². The second-order valence-electron chi connectivity index (χ2n) is 6.83. The van der Waals surface area contributed by atoms with Gasteiger partial charge in [0, 0.05) is 31.7 Å². The Morgan fingerprint density at radius 1 is 1.06 bits per heavy atom. The molecule has 0 unspecified atom stereocenters. The summed E-state index contributed by atoms with van der Waals surface area (Å²) in [7, 11) is 0. The van der Waals surface area contributed by atoms with Crippen LogP contribution in [0.5, 0.6) is 0 Å². The van der Waals surface area contributed by atoms with Gasteiger partial charge in [-0.05, 0) is 37.5 Å². The molecule has 0 aromatic carbocycles. The molecule has 0 aromatic heterocycles. The van der Waals surface area contributed by atoms with Gasteiger partial charge in [-0.3, -0.25) is 4.90 Å². The third-order valence-electron chi connectivity index (χ3n) is 5.74. The predicted octanol–water partition coefficient (Wildman–Crippen LogP) is 2.78. The highest BCUT2D eigenvalue weighted by molar-refractivity contribution is 5.00. The first-order chi connectivity index (χ1) is 8.26. The van der Waals surface area contributed by atoms with Crippen molar-refractivity contribution in [2.24, 2.45) is 5.41 Å². The van der Waals surface area contributed by atoms with E-state index in [0.29, 0.717) is 11.0 Å². The van der Waals surface area contributed by atoms with Crippen molar-refractivity contribution in [1.29, 1.82) is 0 Å². The van der Waals surface area contributed by atoms with E-state index in [9.17, 15) is 0 Å². The third-order valence-corrected chi connectivity index (χ3v) is 5.74. The number of piperazine rings is 1. The first-order valence-corrected chi connectivity index (χ1v) is 7.73. The number of nitrogens with zero attached hydrogens (tertiary/aromatic N) is 1. The van der Waals surface area contributed by atoms with Gasteiger partial charge in [-0.25, -0.2) is 0 Å². The summed E-state index contributed by atoms with van der Waals surface area (Å²) >= 11 is 0. The van der Waals surface area contributed by atoms with Crippen LogP contribution in [0.1, 0.15) is 58.3 Å². The van der Waals surface area contributed by atoms with Gasteiger partial charge in [-0.1, -0.05) is 26.2 Å². The lowest BCUT2D eigenvalue weighted by Gasteiger charge is -2.49. The SMILES string of the molecule is CCC1(CN2CCNC3(CCCC3)C2)CCC1. The Labute approximate surface area is 106 Å². The van der Waals surface area contributed by atoms with Crippen LogP contribution in [0, 0.1) is 5.41 Å². The van der Waals surface area contributed by atoms with Crippen molar-refractivity contribution in [3.63, 3.8) is 0 Å². The van der Waals surface area contributed by atoms with Gasteiger partial charge in [-0.2, -0.15) is 0 Å². The number of rotatable bonds is 3. The monoisotopic (exact) mass is 236 g/mol. The molecule has 3 rings (SSSR count). The van der Waals surface area contributed by atoms with Crippen molar-refractivity contribution in [1.82, 2.24) is 10.2 Å². The molecular formula is C15H28N2. The minimum absolute atomic E-state index is 0.511. The van der Waals surface area contributed by atoms with Gasteiger partial charge in [0.1, 0.15) is 0 Å². The molecule has 1 spiro atoms. The largest absolute Gasteiger partial charge is 0.309 e. The first-order valence-electron chi connectivity index (χ1n) is 7.73. The highest BCUT2D eigenvalue weighted by Crippen LogP contribution is 2.45. The van der Waals surface area contributed by atoms with E-state index in [1.165, 1.54) is 77.5 Å². The first kappa shape index (κ1) is 12.0. The zero-order chi connectivity index (χ0) is 11.8. The van der Waals surface area contributed by atoms with Gasteiger partial charge in [0.25, 0.3) is 0 Å². The summed E-state index contributed by atoms with van der Waals surface area (Å²) in [6, 6.07) is 0. The van der Waals surface area contributed by atoms with Crippen molar-refractivity contribution in [2.45, 2.75) is 63.8 Å². The van der Waals surface area contributed by atoms with E-state index in [0.717, 1.165) is 0 Å². The minimum Gasteiger partial charge on any atom is -0.309 e. The molecule has 0 aromatic rings. The molecular weight excluding hydrogens is 208 g/mol. The van der Waals surface area contributed by atoms with Crippen LogP contribution in [-0.4, -0.2) is 36.6 Å². The molecule has 2 heteroatoms. The summed E-state index contributed by atoms with van der Waals surface area (Å²) in [6.07, 6.45) is 11.6. The summed E-state index contributed by atoms with van der Waals surface area (Å²) < 4.78 is 0. The number of nitrogens with one attached hydrogen (secondary N) is 1. The topological polar surface area (TPSA) is 15.3 Å². The summed E-state index contributed by atoms with van der Waals surface area (Å²) in [4.78, 5) is 2.78. The average molecular weight is 236 g/mol. The molecule has 0 radical (unpaired) electrons. The highest BCUT2D eigenvalue weighted by Gasteiger charge is 2.41. The van der Waals surface area contributed by atoms with E-state index in [2.05, 4.69) is 17.1 Å². The molecule has 2 aliphatic carbocycles. The Bertz CT molecular complexity index is 257. The fourth-order valence-electron chi connectivity index (χ4n) is 4.34. The van der Waals surface area contributed by atoms with E-state index < -0.39 is 0 Å². The summed E-state index contributed by atoms with van der Waals surface area (Å²) in [5.41, 5.74) is 1.22. The van der Waals surface area contributed by atoms with Crippen molar-refractivity contribution in [3.8, 4) is 0 Å². The Kier molecular flexibility index (Phi) is 3.20.